The molecule has 4 rings (SSSR count). The van der Waals surface area contributed by atoms with Crippen LogP contribution in [0.4, 0.5) is 0 Å². The van der Waals surface area contributed by atoms with Gasteiger partial charge < -0.3 is 19.3 Å². The van der Waals surface area contributed by atoms with Gasteiger partial charge in [0.05, 0.1) is 24.2 Å². The van der Waals surface area contributed by atoms with Crippen LogP contribution in [-0.4, -0.2) is 73.2 Å². The molecule has 2 saturated heterocycles. The molecular formula is C19H26N2O4S. The molecule has 6 nitrogen and oxygen atoms in total. The first-order valence-electron chi connectivity index (χ1n) is 9.55. The highest BCUT2D eigenvalue weighted by Crippen LogP contribution is 2.29. The molecule has 2 aliphatic heterocycles. The standard InChI is InChI=1S/C19H26N2O4S/c22-18(16-3-1-7-21(16)19(23)17-4-2-10-26-17)20-8-9-25-15(11-20)13-24-12-14-5-6-14/h2,4,10,14-16H,1,3,5-9,11-13H2/t15?,16-/m0/s1. The zero-order chi connectivity index (χ0) is 17.9. The molecule has 1 aliphatic carbocycles. The van der Waals surface area contributed by atoms with Gasteiger partial charge in [0.15, 0.2) is 0 Å². The topological polar surface area (TPSA) is 59.1 Å². The molecule has 1 aromatic rings. The van der Waals surface area contributed by atoms with Crippen LogP contribution in [0.3, 0.4) is 0 Å². The second-order valence-corrected chi connectivity index (χ2v) is 8.34. The highest BCUT2D eigenvalue weighted by Gasteiger charge is 2.38. The molecule has 26 heavy (non-hydrogen) atoms. The van der Waals surface area contributed by atoms with Gasteiger partial charge in [-0.1, -0.05) is 6.07 Å². The number of thiophene rings is 1. The van der Waals surface area contributed by atoms with Crippen molar-refractivity contribution in [3.63, 3.8) is 0 Å². The predicted octanol–water partition coefficient (Wildman–Crippen LogP) is 2.01. The Morgan fingerprint density at radius 2 is 2.12 bits per heavy atom. The van der Waals surface area contributed by atoms with E-state index in [9.17, 15) is 9.59 Å². The van der Waals surface area contributed by atoms with Crippen LogP contribution in [0.5, 0.6) is 0 Å². The third-order valence-corrected chi connectivity index (χ3v) is 6.19. The fourth-order valence-electron chi connectivity index (χ4n) is 3.69. The summed E-state index contributed by atoms with van der Waals surface area (Å²) in [5, 5.41) is 1.90. The molecule has 0 N–H and O–H groups in total. The number of ether oxygens (including phenoxy) is 2. The van der Waals surface area contributed by atoms with E-state index >= 15 is 0 Å². The van der Waals surface area contributed by atoms with E-state index in [1.807, 2.05) is 22.4 Å². The Morgan fingerprint density at radius 3 is 2.88 bits per heavy atom. The number of hydrogen-bond acceptors (Lipinski definition) is 5. The minimum Gasteiger partial charge on any atom is -0.378 e. The number of nitrogens with zero attached hydrogens (tertiary/aromatic N) is 2. The number of carbonyl (C=O) groups excluding carboxylic acids is 2. The van der Waals surface area contributed by atoms with Crippen molar-refractivity contribution < 1.29 is 19.1 Å². The van der Waals surface area contributed by atoms with Gasteiger partial charge in [0.1, 0.15) is 6.04 Å². The van der Waals surface area contributed by atoms with Crippen LogP contribution in [0.1, 0.15) is 35.4 Å². The van der Waals surface area contributed by atoms with Gasteiger partial charge in [-0.15, -0.1) is 11.3 Å². The monoisotopic (exact) mass is 378 g/mol. The van der Waals surface area contributed by atoms with Crippen molar-refractivity contribution in [2.24, 2.45) is 5.92 Å². The Bertz CT molecular complexity index is 631. The molecule has 2 atom stereocenters. The summed E-state index contributed by atoms with van der Waals surface area (Å²) in [6, 6.07) is 3.36. The fourth-order valence-corrected chi connectivity index (χ4v) is 4.37. The number of likely N-dealkylation sites (tertiary alicyclic amines) is 1. The van der Waals surface area contributed by atoms with Gasteiger partial charge in [0.2, 0.25) is 5.91 Å². The maximum absolute atomic E-state index is 13.1. The van der Waals surface area contributed by atoms with Crippen LogP contribution in [0, 0.1) is 5.92 Å². The maximum Gasteiger partial charge on any atom is 0.264 e. The molecule has 2 amide bonds. The minimum absolute atomic E-state index is 0.0200. The molecule has 3 heterocycles. The van der Waals surface area contributed by atoms with Crippen molar-refractivity contribution in [2.45, 2.75) is 37.8 Å². The van der Waals surface area contributed by atoms with Crippen molar-refractivity contribution in [2.75, 3.05) is 39.5 Å². The van der Waals surface area contributed by atoms with E-state index in [0.717, 1.165) is 25.4 Å². The summed E-state index contributed by atoms with van der Waals surface area (Å²) < 4.78 is 11.5. The summed E-state index contributed by atoms with van der Waals surface area (Å²) in [5.41, 5.74) is 0. The number of rotatable bonds is 6. The van der Waals surface area contributed by atoms with E-state index in [1.165, 1.54) is 24.2 Å². The lowest BCUT2D eigenvalue weighted by molar-refractivity contribution is -0.145. The largest absolute Gasteiger partial charge is 0.378 e. The van der Waals surface area contributed by atoms with Crippen LogP contribution >= 0.6 is 11.3 Å². The minimum atomic E-state index is -0.337. The lowest BCUT2D eigenvalue weighted by atomic mass is 10.1. The van der Waals surface area contributed by atoms with Gasteiger partial charge in [-0.25, -0.2) is 0 Å². The van der Waals surface area contributed by atoms with Crippen molar-refractivity contribution in [3.8, 4) is 0 Å². The van der Waals surface area contributed by atoms with Crippen LogP contribution < -0.4 is 0 Å². The first kappa shape index (κ1) is 17.9. The first-order valence-corrected chi connectivity index (χ1v) is 10.4. The first-order chi connectivity index (χ1) is 12.7. The summed E-state index contributed by atoms with van der Waals surface area (Å²) in [6.45, 7) is 3.69. The van der Waals surface area contributed by atoms with E-state index < -0.39 is 0 Å². The highest BCUT2D eigenvalue weighted by atomic mass is 32.1. The number of amides is 2. The average Bonchev–Trinajstić information content (AvgIpc) is 3.15. The maximum atomic E-state index is 13.1. The lowest BCUT2D eigenvalue weighted by Crippen LogP contribution is -2.53. The summed E-state index contributed by atoms with van der Waals surface area (Å²) in [6.07, 6.45) is 4.11. The Morgan fingerprint density at radius 1 is 1.23 bits per heavy atom. The third kappa shape index (κ3) is 4.10. The van der Waals surface area contributed by atoms with Crippen molar-refractivity contribution >= 4 is 23.2 Å². The van der Waals surface area contributed by atoms with Crippen LogP contribution in [-0.2, 0) is 14.3 Å². The number of hydrogen-bond donors (Lipinski definition) is 0. The SMILES string of the molecule is O=C([C@@H]1CCCN1C(=O)c1cccs1)N1CCOC(COCC2CC2)C1. The molecule has 3 fully saturated rings. The van der Waals surface area contributed by atoms with E-state index in [4.69, 9.17) is 9.47 Å². The Balaban J connectivity index is 1.33. The summed E-state index contributed by atoms with van der Waals surface area (Å²) in [4.78, 5) is 30.1. The molecule has 0 bridgehead atoms. The van der Waals surface area contributed by atoms with Gasteiger partial charge in [-0.2, -0.15) is 0 Å². The second-order valence-electron chi connectivity index (χ2n) is 7.39. The molecule has 0 spiro atoms. The second kappa shape index (κ2) is 8.06. The van der Waals surface area contributed by atoms with Gasteiger partial charge in [-0.05, 0) is 43.0 Å². The zero-order valence-corrected chi connectivity index (χ0v) is 15.8. The molecule has 1 unspecified atom stereocenters. The molecular weight excluding hydrogens is 352 g/mol. The van der Waals surface area contributed by atoms with Crippen LogP contribution in [0.25, 0.3) is 0 Å². The fraction of sp³-hybridized carbons (Fsp3) is 0.684. The molecule has 0 radical (unpaired) electrons. The van der Waals surface area contributed by atoms with Crippen molar-refractivity contribution in [3.05, 3.63) is 22.4 Å². The van der Waals surface area contributed by atoms with E-state index in [-0.39, 0.29) is 24.0 Å². The van der Waals surface area contributed by atoms with Gasteiger partial charge in [-0.3, -0.25) is 9.59 Å². The van der Waals surface area contributed by atoms with E-state index in [1.54, 1.807) is 4.90 Å². The summed E-state index contributed by atoms with van der Waals surface area (Å²) in [5.74, 6) is 0.767. The van der Waals surface area contributed by atoms with Gasteiger partial charge >= 0.3 is 0 Å². The smallest absolute Gasteiger partial charge is 0.264 e. The van der Waals surface area contributed by atoms with Crippen LogP contribution in [0.15, 0.2) is 17.5 Å². The predicted molar refractivity (Wildman–Crippen MR) is 98.2 cm³/mol. The van der Waals surface area contributed by atoms with Crippen molar-refractivity contribution in [1.82, 2.24) is 9.80 Å². The van der Waals surface area contributed by atoms with Crippen LogP contribution in [0.2, 0.25) is 0 Å². The molecule has 1 saturated carbocycles. The van der Waals surface area contributed by atoms with Gasteiger partial charge in [0, 0.05) is 26.2 Å². The molecule has 142 valence electrons. The molecule has 3 aliphatic rings. The Labute approximate surface area is 158 Å². The molecule has 1 aromatic heterocycles. The summed E-state index contributed by atoms with van der Waals surface area (Å²) in [7, 11) is 0. The van der Waals surface area contributed by atoms with E-state index in [2.05, 4.69) is 0 Å². The number of morpholine rings is 1. The normalized spacial score (nSPS) is 26.3. The average molecular weight is 378 g/mol. The Kier molecular flexibility index (Phi) is 5.57. The van der Waals surface area contributed by atoms with Gasteiger partial charge in [0.25, 0.3) is 5.91 Å². The zero-order valence-electron chi connectivity index (χ0n) is 15.0. The Hall–Kier alpha value is -1.44. The quantitative estimate of drug-likeness (QED) is 0.760. The highest BCUT2D eigenvalue weighted by molar-refractivity contribution is 7.12. The van der Waals surface area contributed by atoms with E-state index in [0.29, 0.717) is 37.7 Å². The van der Waals surface area contributed by atoms with Crippen molar-refractivity contribution in [1.29, 1.82) is 0 Å². The lowest BCUT2D eigenvalue weighted by Gasteiger charge is -2.36. The third-order valence-electron chi connectivity index (χ3n) is 5.34. The molecule has 7 heteroatoms. The number of carbonyl (C=O) groups is 2. The summed E-state index contributed by atoms with van der Waals surface area (Å²) >= 11 is 1.43. The molecule has 0 aromatic carbocycles.